The summed E-state index contributed by atoms with van der Waals surface area (Å²) in [6.07, 6.45) is 2.75. The molecular weight excluding hydrogens is 442 g/mol. The lowest BCUT2D eigenvalue weighted by Crippen LogP contribution is -2.35. The topological polar surface area (TPSA) is 82.7 Å². The van der Waals surface area contributed by atoms with Gasteiger partial charge in [-0.15, -0.1) is 0 Å². The van der Waals surface area contributed by atoms with Gasteiger partial charge in [-0.3, -0.25) is 14.5 Å². The molecular formula is C28H27N3O4. The molecule has 6 rings (SSSR count). The maximum Gasteiger partial charge on any atom is 0.414 e. The van der Waals surface area contributed by atoms with Crippen LogP contribution < -0.4 is 4.90 Å². The van der Waals surface area contributed by atoms with Crippen molar-refractivity contribution >= 4 is 34.4 Å². The number of carbonyl (C=O) groups is 3. The highest BCUT2D eigenvalue weighted by atomic mass is 16.6. The van der Waals surface area contributed by atoms with E-state index in [-0.39, 0.29) is 23.7 Å². The Morgan fingerprint density at radius 3 is 2.66 bits per heavy atom. The van der Waals surface area contributed by atoms with Gasteiger partial charge in [-0.05, 0) is 62.9 Å². The first kappa shape index (κ1) is 21.6. The van der Waals surface area contributed by atoms with Gasteiger partial charge in [0.25, 0.3) is 5.91 Å². The third-order valence-electron chi connectivity index (χ3n) is 7.05. The molecule has 1 saturated heterocycles. The van der Waals surface area contributed by atoms with Gasteiger partial charge in [0.05, 0.1) is 5.69 Å². The number of hydrogen-bond donors (Lipinski definition) is 1. The summed E-state index contributed by atoms with van der Waals surface area (Å²) >= 11 is 0. The summed E-state index contributed by atoms with van der Waals surface area (Å²) in [4.78, 5) is 45.7. The largest absolute Gasteiger partial charge is 0.443 e. The van der Waals surface area contributed by atoms with E-state index in [0.29, 0.717) is 25.2 Å². The van der Waals surface area contributed by atoms with E-state index >= 15 is 0 Å². The van der Waals surface area contributed by atoms with Crippen LogP contribution in [0.5, 0.6) is 0 Å². The van der Waals surface area contributed by atoms with E-state index in [2.05, 4.69) is 4.98 Å². The second kappa shape index (κ2) is 7.57. The van der Waals surface area contributed by atoms with Crippen LogP contribution in [0.25, 0.3) is 10.9 Å². The van der Waals surface area contributed by atoms with Crippen molar-refractivity contribution in [2.45, 2.75) is 45.1 Å². The number of H-pyrrole nitrogens is 1. The number of nitrogens with zero attached hydrogens (tertiary/aromatic N) is 2. The number of benzene rings is 2. The molecule has 2 aliphatic heterocycles. The first-order valence-corrected chi connectivity index (χ1v) is 12.0. The smallest absolute Gasteiger partial charge is 0.414 e. The van der Waals surface area contributed by atoms with Gasteiger partial charge >= 0.3 is 6.09 Å². The number of carbonyl (C=O) groups excluding carboxylic acids is 3. The number of fused-ring (bicyclic) bond motifs is 6. The Bertz CT molecular complexity index is 1440. The van der Waals surface area contributed by atoms with E-state index in [1.165, 1.54) is 0 Å². The quantitative estimate of drug-likeness (QED) is 0.533. The van der Waals surface area contributed by atoms with Crippen LogP contribution in [0.3, 0.4) is 0 Å². The zero-order valence-electron chi connectivity index (χ0n) is 20.1. The predicted octanol–water partition coefficient (Wildman–Crippen LogP) is 5.18. The molecule has 178 valence electrons. The molecule has 3 aliphatic rings. The van der Waals surface area contributed by atoms with Gasteiger partial charge in [0, 0.05) is 47.2 Å². The molecule has 1 N–H and O–H groups in total. The highest BCUT2D eigenvalue weighted by Crippen LogP contribution is 2.42. The number of allylic oxidation sites excluding steroid dienone is 2. The standard InChI is InChI=1S/C28H27N3O4/c1-28(2,3)35-27(34)31-13-11-18-20-14-22(29-21(20)8-9-23(18)31)26(33)30-12-10-17-16-6-4-5-7-19(16)25(32)15-24(17)30/h4-9,14-15,17,29H,10-13H2,1-3H3. The highest BCUT2D eigenvalue weighted by Gasteiger charge is 2.39. The van der Waals surface area contributed by atoms with Crippen molar-refractivity contribution in [2.24, 2.45) is 0 Å². The number of aromatic amines is 1. The Labute approximate surface area is 203 Å². The number of nitrogens with one attached hydrogen (secondary N) is 1. The van der Waals surface area contributed by atoms with Crippen LogP contribution in [0.2, 0.25) is 0 Å². The van der Waals surface area contributed by atoms with E-state index in [4.69, 9.17) is 4.74 Å². The van der Waals surface area contributed by atoms with Crippen LogP contribution in [0.15, 0.2) is 54.2 Å². The normalized spacial score (nSPS) is 18.9. The van der Waals surface area contributed by atoms with Crippen molar-refractivity contribution in [1.29, 1.82) is 0 Å². The Morgan fingerprint density at radius 2 is 1.86 bits per heavy atom. The maximum atomic E-state index is 13.6. The number of aromatic nitrogens is 1. The molecule has 3 heterocycles. The summed E-state index contributed by atoms with van der Waals surface area (Å²) in [7, 11) is 0. The van der Waals surface area contributed by atoms with Gasteiger partial charge in [0.1, 0.15) is 11.3 Å². The second-order valence-corrected chi connectivity index (χ2v) is 10.4. The van der Waals surface area contributed by atoms with Gasteiger partial charge in [-0.2, -0.15) is 0 Å². The van der Waals surface area contributed by atoms with Crippen LogP contribution >= 0.6 is 0 Å². The molecule has 2 amide bonds. The molecule has 3 aromatic rings. The lowest BCUT2D eigenvalue weighted by atomic mass is 9.85. The molecule has 0 saturated carbocycles. The molecule has 0 bridgehead atoms. The molecule has 2 aromatic carbocycles. The zero-order valence-corrected chi connectivity index (χ0v) is 20.1. The molecule has 7 nitrogen and oxygen atoms in total. The van der Waals surface area contributed by atoms with Crippen molar-refractivity contribution in [3.63, 3.8) is 0 Å². The van der Waals surface area contributed by atoms with E-state index in [0.717, 1.165) is 45.4 Å². The maximum absolute atomic E-state index is 13.6. The summed E-state index contributed by atoms with van der Waals surface area (Å²) in [5, 5.41) is 0.937. The molecule has 1 fully saturated rings. The molecule has 7 heteroatoms. The third-order valence-corrected chi connectivity index (χ3v) is 7.05. The van der Waals surface area contributed by atoms with E-state index in [9.17, 15) is 14.4 Å². The molecule has 0 spiro atoms. The van der Waals surface area contributed by atoms with Gasteiger partial charge in [0.2, 0.25) is 0 Å². The minimum Gasteiger partial charge on any atom is -0.443 e. The number of ether oxygens (including phenoxy) is 1. The SMILES string of the molecule is CC(C)(C)OC(=O)N1CCc2c1ccc1[nH]c(C(=O)N3CCC4C3=CC(=O)c3ccccc34)cc21. The van der Waals surface area contributed by atoms with Crippen LogP contribution in [-0.2, 0) is 11.2 Å². The van der Waals surface area contributed by atoms with Crippen molar-refractivity contribution in [2.75, 3.05) is 18.0 Å². The van der Waals surface area contributed by atoms with Crippen LogP contribution in [-0.4, -0.2) is 46.4 Å². The lowest BCUT2D eigenvalue weighted by Gasteiger charge is -2.24. The van der Waals surface area contributed by atoms with Gasteiger partial charge in [-0.1, -0.05) is 24.3 Å². The fraction of sp³-hybridized carbons (Fsp3) is 0.321. The summed E-state index contributed by atoms with van der Waals surface area (Å²) in [6.45, 7) is 6.67. The van der Waals surface area contributed by atoms with Gasteiger partial charge in [0.15, 0.2) is 5.78 Å². The molecule has 1 unspecified atom stereocenters. The van der Waals surface area contributed by atoms with Crippen molar-refractivity contribution in [1.82, 2.24) is 9.88 Å². The zero-order chi connectivity index (χ0) is 24.5. The average molecular weight is 470 g/mol. The Kier molecular flexibility index (Phi) is 4.68. The highest BCUT2D eigenvalue weighted by molar-refractivity contribution is 6.09. The Morgan fingerprint density at radius 1 is 1.06 bits per heavy atom. The summed E-state index contributed by atoms with van der Waals surface area (Å²) in [5.74, 6) is -0.134. The molecule has 1 aromatic heterocycles. The first-order valence-electron chi connectivity index (χ1n) is 12.0. The van der Waals surface area contributed by atoms with E-state index in [1.54, 1.807) is 15.9 Å². The number of amides is 2. The molecule has 0 radical (unpaired) electrons. The average Bonchev–Trinajstić information content (AvgIpc) is 3.53. The minimum atomic E-state index is -0.569. The van der Waals surface area contributed by atoms with Crippen LogP contribution in [0.1, 0.15) is 65.1 Å². The predicted molar refractivity (Wildman–Crippen MR) is 133 cm³/mol. The third kappa shape index (κ3) is 3.45. The van der Waals surface area contributed by atoms with Crippen molar-refractivity contribution in [3.8, 4) is 0 Å². The molecule has 35 heavy (non-hydrogen) atoms. The summed E-state index contributed by atoms with van der Waals surface area (Å²) < 4.78 is 5.57. The molecule has 1 aliphatic carbocycles. The van der Waals surface area contributed by atoms with Crippen molar-refractivity contribution in [3.05, 3.63) is 76.6 Å². The van der Waals surface area contributed by atoms with Crippen molar-refractivity contribution < 1.29 is 19.1 Å². The fourth-order valence-electron chi connectivity index (χ4n) is 5.55. The minimum absolute atomic E-state index is 0.0525. The van der Waals surface area contributed by atoms with Crippen LogP contribution in [0.4, 0.5) is 10.5 Å². The first-order chi connectivity index (χ1) is 16.7. The van der Waals surface area contributed by atoms with E-state index in [1.807, 2.05) is 63.2 Å². The van der Waals surface area contributed by atoms with Gasteiger partial charge < -0.3 is 14.6 Å². The number of anilines is 1. The Balaban J connectivity index is 1.31. The number of rotatable bonds is 1. The second-order valence-electron chi connectivity index (χ2n) is 10.4. The number of hydrogen-bond acceptors (Lipinski definition) is 4. The molecule has 1 atom stereocenters. The fourth-order valence-corrected chi connectivity index (χ4v) is 5.55. The van der Waals surface area contributed by atoms with E-state index < -0.39 is 5.60 Å². The lowest BCUT2D eigenvalue weighted by molar-refractivity contribution is 0.0583. The monoisotopic (exact) mass is 469 g/mol. The summed E-state index contributed by atoms with van der Waals surface area (Å²) in [6, 6.07) is 13.3. The van der Waals surface area contributed by atoms with Gasteiger partial charge in [-0.25, -0.2) is 4.79 Å². The Hall–Kier alpha value is -3.87. The van der Waals surface area contributed by atoms with Crippen LogP contribution in [0, 0.1) is 0 Å². The number of likely N-dealkylation sites (tertiary alicyclic amines) is 1. The number of ketones is 1. The summed E-state index contributed by atoms with van der Waals surface area (Å²) in [5.41, 5.74) is 5.13.